The first-order chi connectivity index (χ1) is 5.61. The number of hydrogen-bond acceptors (Lipinski definition) is 6. The maximum absolute atomic E-state index is 10.3. The Balaban J connectivity index is 2.39. The van der Waals surface area contributed by atoms with E-state index in [0.29, 0.717) is 0 Å². The molecule has 1 heterocycles. The van der Waals surface area contributed by atoms with Crippen LogP contribution >= 0.6 is 0 Å². The van der Waals surface area contributed by atoms with Crippen molar-refractivity contribution in [3.63, 3.8) is 0 Å². The second-order valence-electron chi connectivity index (χ2n) is 2.56. The van der Waals surface area contributed by atoms with E-state index in [4.69, 9.17) is 0 Å². The van der Waals surface area contributed by atoms with Crippen LogP contribution in [0.25, 0.3) is 0 Å². The summed E-state index contributed by atoms with van der Waals surface area (Å²) in [7, 11) is 0. The Morgan fingerprint density at radius 2 is 1.33 bits per heavy atom. The molecule has 0 saturated carbocycles. The van der Waals surface area contributed by atoms with Crippen LogP contribution in [-0.4, -0.2) is 37.1 Å². The van der Waals surface area contributed by atoms with Crippen LogP contribution < -0.4 is 20.8 Å². The van der Waals surface area contributed by atoms with E-state index in [1.807, 2.05) is 0 Å². The molecule has 1 aliphatic heterocycles. The maximum Gasteiger partial charge on any atom is 0.0597 e. The Bertz CT molecular complexity index is 176. The Kier molecular flexibility index (Phi) is 2.61. The zero-order chi connectivity index (χ0) is 9.14. The Hall–Kier alpha value is -1.14. The van der Waals surface area contributed by atoms with Gasteiger partial charge in [-0.05, 0) is 0 Å². The van der Waals surface area contributed by atoms with Gasteiger partial charge in [0.1, 0.15) is 0 Å². The molecule has 0 spiro atoms. The van der Waals surface area contributed by atoms with Gasteiger partial charge in [-0.25, -0.2) is 0 Å². The molecular formula is C6H8N2O4-2. The minimum Gasteiger partial charge on any atom is -0.548 e. The Morgan fingerprint density at radius 1 is 1.00 bits per heavy atom. The average Bonchev–Trinajstić information content (AvgIpc) is 2.04. The van der Waals surface area contributed by atoms with Crippen LogP contribution in [0.15, 0.2) is 0 Å². The zero-order valence-electron chi connectivity index (χ0n) is 6.20. The maximum atomic E-state index is 10.3. The number of aliphatic carboxylic acids is 2. The fraction of sp³-hybridized carbons (Fsp3) is 0.667. The van der Waals surface area contributed by atoms with E-state index >= 15 is 0 Å². The summed E-state index contributed by atoms with van der Waals surface area (Å²) in [5.74, 6) is -2.47. The quantitative estimate of drug-likeness (QED) is 0.434. The lowest BCUT2D eigenvalue weighted by molar-refractivity contribution is -0.313. The van der Waals surface area contributed by atoms with Crippen LogP contribution in [0, 0.1) is 0 Å². The molecule has 0 aliphatic carbocycles. The van der Waals surface area contributed by atoms with Gasteiger partial charge >= 0.3 is 0 Å². The van der Waals surface area contributed by atoms with Gasteiger partial charge in [0, 0.05) is 13.1 Å². The number of carboxylic acid groups (broad SMARTS) is 2. The molecule has 0 unspecified atom stereocenters. The summed E-state index contributed by atoms with van der Waals surface area (Å²) in [6, 6.07) is -1.64. The minimum atomic E-state index is -1.24. The molecule has 1 rings (SSSR count). The van der Waals surface area contributed by atoms with E-state index < -0.39 is 24.0 Å². The highest BCUT2D eigenvalue weighted by atomic mass is 16.4. The highest BCUT2D eigenvalue weighted by Gasteiger charge is 2.20. The molecule has 0 aromatic heterocycles. The van der Waals surface area contributed by atoms with Crippen LogP contribution in [-0.2, 0) is 9.59 Å². The third kappa shape index (κ3) is 1.93. The highest BCUT2D eigenvalue weighted by molar-refractivity contribution is 5.74. The van der Waals surface area contributed by atoms with Gasteiger partial charge in [-0.2, -0.15) is 0 Å². The molecule has 1 saturated heterocycles. The first kappa shape index (κ1) is 8.95. The molecule has 12 heavy (non-hydrogen) atoms. The first-order valence-electron chi connectivity index (χ1n) is 3.49. The van der Waals surface area contributed by atoms with Gasteiger partial charge in [-0.15, -0.1) is 0 Å². The normalized spacial score (nSPS) is 29.7. The summed E-state index contributed by atoms with van der Waals surface area (Å²) < 4.78 is 0. The Morgan fingerprint density at radius 3 is 1.50 bits per heavy atom. The highest BCUT2D eigenvalue weighted by Crippen LogP contribution is 1.91. The van der Waals surface area contributed by atoms with Gasteiger partial charge in [-0.3, -0.25) is 0 Å². The number of hydrogen-bond donors (Lipinski definition) is 2. The second-order valence-corrected chi connectivity index (χ2v) is 2.56. The fourth-order valence-electron chi connectivity index (χ4n) is 0.998. The second kappa shape index (κ2) is 3.51. The van der Waals surface area contributed by atoms with Crippen molar-refractivity contribution in [3.05, 3.63) is 0 Å². The van der Waals surface area contributed by atoms with E-state index in [1.165, 1.54) is 0 Å². The smallest absolute Gasteiger partial charge is 0.0597 e. The number of carboxylic acids is 2. The van der Waals surface area contributed by atoms with Crippen molar-refractivity contribution in [1.29, 1.82) is 0 Å². The van der Waals surface area contributed by atoms with Crippen molar-refractivity contribution in [1.82, 2.24) is 10.6 Å². The van der Waals surface area contributed by atoms with E-state index in [9.17, 15) is 19.8 Å². The van der Waals surface area contributed by atoms with Crippen molar-refractivity contribution in [2.75, 3.05) is 13.1 Å². The molecule has 6 heteroatoms. The molecule has 2 N–H and O–H groups in total. The standard InChI is InChI=1S/C6H10N2O4/c9-5(10)3-1-7-4(2-8-3)6(11)12/h3-4,7-8H,1-2H2,(H,9,10)(H,11,12)/p-2/t3-,4+. The molecule has 1 fully saturated rings. The lowest BCUT2D eigenvalue weighted by Crippen LogP contribution is -2.64. The average molecular weight is 172 g/mol. The molecule has 2 atom stereocenters. The summed E-state index contributed by atoms with van der Waals surface area (Å²) in [6.07, 6.45) is 0. The van der Waals surface area contributed by atoms with Gasteiger partial charge in [0.15, 0.2) is 0 Å². The van der Waals surface area contributed by atoms with Crippen molar-refractivity contribution in [3.8, 4) is 0 Å². The van der Waals surface area contributed by atoms with Gasteiger partial charge < -0.3 is 30.4 Å². The lowest BCUT2D eigenvalue weighted by atomic mass is 10.1. The van der Waals surface area contributed by atoms with Crippen molar-refractivity contribution in [2.24, 2.45) is 0 Å². The van der Waals surface area contributed by atoms with Crippen LogP contribution in [0.4, 0.5) is 0 Å². The minimum absolute atomic E-state index is 0.0426. The van der Waals surface area contributed by atoms with Crippen LogP contribution in [0.3, 0.4) is 0 Å². The molecule has 0 bridgehead atoms. The molecule has 1 aliphatic rings. The van der Waals surface area contributed by atoms with Crippen LogP contribution in [0.1, 0.15) is 0 Å². The SMILES string of the molecule is O=C([O-])[C@@H]1CN[C@@H](C(=O)[O-])CN1. The third-order valence-electron chi connectivity index (χ3n) is 1.71. The molecule has 0 aromatic carbocycles. The predicted octanol–water partition coefficient (Wildman–Crippen LogP) is -4.58. The Labute approximate surface area is 68.6 Å². The predicted molar refractivity (Wildman–Crippen MR) is 33.6 cm³/mol. The largest absolute Gasteiger partial charge is 0.548 e. The number of carbonyl (C=O) groups is 2. The van der Waals surface area contributed by atoms with Crippen LogP contribution in [0.5, 0.6) is 0 Å². The lowest BCUT2D eigenvalue weighted by Gasteiger charge is -2.31. The molecular weight excluding hydrogens is 164 g/mol. The topological polar surface area (TPSA) is 104 Å². The van der Waals surface area contributed by atoms with Crippen molar-refractivity contribution in [2.45, 2.75) is 12.1 Å². The summed E-state index contributed by atoms with van der Waals surface area (Å²) >= 11 is 0. The van der Waals surface area contributed by atoms with E-state index in [1.54, 1.807) is 0 Å². The van der Waals surface area contributed by atoms with E-state index in [0.717, 1.165) is 0 Å². The fourth-order valence-corrected chi connectivity index (χ4v) is 0.998. The number of rotatable bonds is 2. The van der Waals surface area contributed by atoms with Gasteiger partial charge in [-0.1, -0.05) is 0 Å². The molecule has 0 radical (unpaired) electrons. The third-order valence-corrected chi connectivity index (χ3v) is 1.71. The van der Waals surface area contributed by atoms with Gasteiger partial charge in [0.2, 0.25) is 0 Å². The van der Waals surface area contributed by atoms with E-state index in [2.05, 4.69) is 10.6 Å². The monoisotopic (exact) mass is 172 g/mol. The van der Waals surface area contributed by atoms with Gasteiger partial charge in [0.05, 0.1) is 24.0 Å². The summed E-state index contributed by atoms with van der Waals surface area (Å²) in [5.41, 5.74) is 0. The summed E-state index contributed by atoms with van der Waals surface area (Å²) in [5, 5.41) is 25.5. The van der Waals surface area contributed by atoms with Gasteiger partial charge in [0.25, 0.3) is 0 Å². The van der Waals surface area contributed by atoms with Crippen molar-refractivity contribution >= 4 is 11.9 Å². The summed E-state index contributed by atoms with van der Waals surface area (Å²) in [6.45, 7) is 0.0853. The van der Waals surface area contributed by atoms with Crippen molar-refractivity contribution < 1.29 is 19.8 Å². The zero-order valence-corrected chi connectivity index (χ0v) is 6.20. The first-order valence-corrected chi connectivity index (χ1v) is 3.49. The number of piperazine rings is 1. The number of nitrogens with one attached hydrogen (secondary N) is 2. The summed E-state index contributed by atoms with van der Waals surface area (Å²) in [4.78, 5) is 20.5. The molecule has 68 valence electrons. The molecule has 0 aromatic rings. The molecule has 0 amide bonds. The van der Waals surface area contributed by atoms with E-state index in [-0.39, 0.29) is 13.1 Å². The molecule has 6 nitrogen and oxygen atoms in total. The number of carbonyl (C=O) groups excluding carboxylic acids is 2. The van der Waals surface area contributed by atoms with Crippen LogP contribution in [0.2, 0.25) is 0 Å².